The monoisotopic (exact) mass is 271 g/mol. The van der Waals surface area contributed by atoms with E-state index in [0.717, 1.165) is 17.2 Å². The van der Waals surface area contributed by atoms with Crippen molar-refractivity contribution in [1.82, 2.24) is 14.8 Å². The van der Waals surface area contributed by atoms with Crippen LogP contribution in [0.25, 0.3) is 5.69 Å². The highest BCUT2D eigenvalue weighted by atomic mass is 35.5. The van der Waals surface area contributed by atoms with E-state index in [0.29, 0.717) is 5.28 Å². The summed E-state index contributed by atoms with van der Waals surface area (Å²) in [5.74, 6) is 1.57. The molecule has 3 rings (SSSR count). The lowest BCUT2D eigenvalue weighted by molar-refractivity contribution is 0.482. The van der Waals surface area contributed by atoms with Crippen molar-refractivity contribution in [3.8, 4) is 17.2 Å². The average Bonchev–Trinajstić information content (AvgIpc) is 2.87. The number of ether oxygens (including phenoxy) is 1. The van der Waals surface area contributed by atoms with Crippen LogP contribution in [0.1, 0.15) is 0 Å². The largest absolute Gasteiger partial charge is 0.457 e. The second kappa shape index (κ2) is 5.12. The number of benzene rings is 2. The van der Waals surface area contributed by atoms with Crippen molar-refractivity contribution >= 4 is 11.6 Å². The van der Waals surface area contributed by atoms with Crippen molar-refractivity contribution in [1.29, 1.82) is 0 Å². The van der Waals surface area contributed by atoms with Gasteiger partial charge >= 0.3 is 0 Å². The number of hydrogen-bond acceptors (Lipinski definition) is 3. The van der Waals surface area contributed by atoms with Gasteiger partial charge in [0.1, 0.15) is 17.8 Å². The highest BCUT2D eigenvalue weighted by Crippen LogP contribution is 2.23. The summed E-state index contributed by atoms with van der Waals surface area (Å²) in [6, 6.07) is 17.2. The molecule has 4 nitrogen and oxygen atoms in total. The number of rotatable bonds is 3. The molecule has 0 radical (unpaired) electrons. The molecule has 1 heterocycles. The third kappa shape index (κ3) is 2.58. The third-order valence-electron chi connectivity index (χ3n) is 2.60. The Morgan fingerprint density at radius 2 is 1.58 bits per heavy atom. The third-order valence-corrected chi connectivity index (χ3v) is 2.86. The molecule has 5 heteroatoms. The molecule has 94 valence electrons. The van der Waals surface area contributed by atoms with Crippen LogP contribution in [-0.2, 0) is 0 Å². The molecule has 0 spiro atoms. The van der Waals surface area contributed by atoms with Crippen molar-refractivity contribution in [2.24, 2.45) is 0 Å². The molecule has 19 heavy (non-hydrogen) atoms. The topological polar surface area (TPSA) is 39.9 Å². The van der Waals surface area contributed by atoms with E-state index in [-0.39, 0.29) is 0 Å². The van der Waals surface area contributed by atoms with Crippen LogP contribution in [0.15, 0.2) is 60.9 Å². The molecule has 0 atom stereocenters. The molecule has 0 unspecified atom stereocenters. The normalized spacial score (nSPS) is 10.4. The van der Waals surface area contributed by atoms with Gasteiger partial charge < -0.3 is 4.74 Å². The molecular weight excluding hydrogens is 262 g/mol. The lowest BCUT2D eigenvalue weighted by Gasteiger charge is -2.07. The molecule has 0 aliphatic carbocycles. The Labute approximate surface area is 115 Å². The number of para-hydroxylation sites is 1. The fraction of sp³-hybridized carbons (Fsp3) is 0. The molecule has 0 N–H and O–H groups in total. The summed E-state index contributed by atoms with van der Waals surface area (Å²) in [6.45, 7) is 0. The van der Waals surface area contributed by atoms with E-state index in [1.165, 1.54) is 0 Å². The second-order valence-electron chi connectivity index (χ2n) is 3.88. The highest BCUT2D eigenvalue weighted by molar-refractivity contribution is 6.28. The first-order chi connectivity index (χ1) is 9.33. The van der Waals surface area contributed by atoms with Crippen molar-refractivity contribution in [3.05, 3.63) is 66.2 Å². The molecule has 0 fully saturated rings. The summed E-state index contributed by atoms with van der Waals surface area (Å²) in [7, 11) is 0. The van der Waals surface area contributed by atoms with E-state index in [9.17, 15) is 0 Å². The smallest absolute Gasteiger partial charge is 0.229 e. The van der Waals surface area contributed by atoms with Gasteiger partial charge in [-0.25, -0.2) is 0 Å². The average molecular weight is 272 g/mol. The number of aromatic nitrogens is 3. The van der Waals surface area contributed by atoms with Crippen LogP contribution in [0.5, 0.6) is 11.5 Å². The van der Waals surface area contributed by atoms with Gasteiger partial charge in [-0.15, -0.1) is 10.2 Å². The number of nitrogens with zero attached hydrogens (tertiary/aromatic N) is 3. The predicted molar refractivity (Wildman–Crippen MR) is 72.9 cm³/mol. The van der Waals surface area contributed by atoms with Crippen LogP contribution < -0.4 is 4.74 Å². The molecule has 0 saturated carbocycles. The summed E-state index contributed by atoms with van der Waals surface area (Å²) >= 11 is 5.90. The van der Waals surface area contributed by atoms with Crippen LogP contribution in [-0.4, -0.2) is 14.8 Å². The second-order valence-corrected chi connectivity index (χ2v) is 4.22. The van der Waals surface area contributed by atoms with E-state index in [1.807, 2.05) is 54.6 Å². The van der Waals surface area contributed by atoms with Crippen molar-refractivity contribution in [2.75, 3.05) is 0 Å². The zero-order valence-electron chi connectivity index (χ0n) is 9.90. The van der Waals surface area contributed by atoms with Gasteiger partial charge in [-0.2, -0.15) is 0 Å². The van der Waals surface area contributed by atoms with Crippen LogP contribution in [0.3, 0.4) is 0 Å². The molecule has 3 aromatic rings. The molecule has 0 saturated heterocycles. The van der Waals surface area contributed by atoms with E-state index >= 15 is 0 Å². The van der Waals surface area contributed by atoms with Crippen LogP contribution >= 0.6 is 11.6 Å². The van der Waals surface area contributed by atoms with Gasteiger partial charge in [0.05, 0.1) is 0 Å². The van der Waals surface area contributed by atoms with Gasteiger partial charge in [0.15, 0.2) is 0 Å². The quantitative estimate of drug-likeness (QED) is 0.729. The maximum Gasteiger partial charge on any atom is 0.229 e. The van der Waals surface area contributed by atoms with Crippen molar-refractivity contribution in [2.45, 2.75) is 0 Å². The van der Waals surface area contributed by atoms with E-state index in [2.05, 4.69) is 10.2 Å². The molecule has 0 amide bonds. The van der Waals surface area contributed by atoms with Gasteiger partial charge in [-0.1, -0.05) is 18.2 Å². The van der Waals surface area contributed by atoms with Crippen molar-refractivity contribution < 1.29 is 4.74 Å². The fourth-order valence-corrected chi connectivity index (χ4v) is 1.88. The van der Waals surface area contributed by atoms with Crippen LogP contribution in [0, 0.1) is 0 Å². The molecule has 2 aromatic carbocycles. The van der Waals surface area contributed by atoms with Crippen LogP contribution in [0.2, 0.25) is 5.28 Å². The SMILES string of the molecule is Clc1nncn1-c1ccc(Oc2ccccc2)cc1. The van der Waals surface area contributed by atoms with E-state index in [1.54, 1.807) is 10.9 Å². The summed E-state index contributed by atoms with van der Waals surface area (Å²) in [4.78, 5) is 0. The Morgan fingerprint density at radius 3 is 2.21 bits per heavy atom. The van der Waals surface area contributed by atoms with Crippen molar-refractivity contribution in [3.63, 3.8) is 0 Å². The van der Waals surface area contributed by atoms with Crippen LogP contribution in [0.4, 0.5) is 0 Å². The standard InChI is InChI=1S/C14H10ClN3O/c15-14-17-16-10-18(14)11-6-8-13(9-7-11)19-12-4-2-1-3-5-12/h1-10H. The number of halogens is 1. The molecule has 1 aromatic heterocycles. The Balaban J connectivity index is 1.82. The Bertz CT molecular complexity index is 665. The minimum atomic E-state index is 0.330. The predicted octanol–water partition coefficient (Wildman–Crippen LogP) is 3.71. The lowest BCUT2D eigenvalue weighted by Crippen LogP contribution is -1.92. The van der Waals surface area contributed by atoms with Gasteiger partial charge in [0.2, 0.25) is 5.28 Å². The Hall–Kier alpha value is -2.33. The zero-order chi connectivity index (χ0) is 13.1. The Morgan fingerprint density at radius 1 is 0.895 bits per heavy atom. The summed E-state index contributed by atoms with van der Waals surface area (Å²) in [6.07, 6.45) is 1.56. The first kappa shape index (κ1) is 11.7. The summed E-state index contributed by atoms with van der Waals surface area (Å²) in [5, 5.41) is 7.80. The first-order valence-electron chi connectivity index (χ1n) is 5.72. The molecule has 0 bridgehead atoms. The van der Waals surface area contributed by atoms with E-state index < -0.39 is 0 Å². The maximum absolute atomic E-state index is 5.90. The summed E-state index contributed by atoms with van der Waals surface area (Å²) in [5.41, 5.74) is 0.885. The van der Waals surface area contributed by atoms with Gasteiger partial charge in [0.25, 0.3) is 0 Å². The molecule has 0 aliphatic heterocycles. The number of hydrogen-bond donors (Lipinski definition) is 0. The zero-order valence-corrected chi connectivity index (χ0v) is 10.7. The van der Waals surface area contributed by atoms with E-state index in [4.69, 9.17) is 16.3 Å². The summed E-state index contributed by atoms with van der Waals surface area (Å²) < 4.78 is 7.40. The molecular formula is C14H10ClN3O. The maximum atomic E-state index is 5.90. The first-order valence-corrected chi connectivity index (χ1v) is 6.09. The van der Waals surface area contributed by atoms with Gasteiger partial charge in [-0.3, -0.25) is 4.57 Å². The van der Waals surface area contributed by atoms with Gasteiger partial charge in [-0.05, 0) is 48.0 Å². The minimum Gasteiger partial charge on any atom is -0.457 e. The lowest BCUT2D eigenvalue weighted by atomic mass is 10.3. The minimum absolute atomic E-state index is 0.330. The van der Waals surface area contributed by atoms with Gasteiger partial charge in [0, 0.05) is 5.69 Å². The molecule has 0 aliphatic rings. The Kier molecular flexibility index (Phi) is 3.16. The highest BCUT2D eigenvalue weighted by Gasteiger charge is 2.03. The fourth-order valence-electron chi connectivity index (χ4n) is 1.69.